The Morgan fingerprint density at radius 1 is 1.02 bits per heavy atom. The number of rotatable bonds is 11. The van der Waals surface area contributed by atoms with Gasteiger partial charge in [0, 0.05) is 29.5 Å². The smallest absolute Gasteiger partial charge is 0.331 e. The summed E-state index contributed by atoms with van der Waals surface area (Å²) in [6.07, 6.45) is 1.01. The van der Waals surface area contributed by atoms with E-state index in [0.717, 1.165) is 12.0 Å². The Hall–Kier alpha value is -4.71. The molecular formula is C38H48N4O8. The summed E-state index contributed by atoms with van der Waals surface area (Å²) in [6.45, 7) is 8.61. The molecule has 12 heteroatoms. The first-order chi connectivity index (χ1) is 23.6. The maximum Gasteiger partial charge on any atom is 0.331 e. The van der Waals surface area contributed by atoms with Crippen molar-refractivity contribution in [3.8, 4) is 22.8 Å². The molecule has 0 spiro atoms. The highest BCUT2D eigenvalue weighted by Crippen LogP contribution is 2.38. The topological polar surface area (TPSA) is 159 Å². The van der Waals surface area contributed by atoms with Gasteiger partial charge >= 0.3 is 11.9 Å². The van der Waals surface area contributed by atoms with E-state index in [4.69, 9.17) is 29.7 Å². The number of nitrogens with one attached hydrogen (secondary N) is 1. The van der Waals surface area contributed by atoms with Crippen LogP contribution in [0.15, 0.2) is 54.6 Å². The number of amides is 2. The van der Waals surface area contributed by atoms with E-state index >= 15 is 0 Å². The Morgan fingerprint density at radius 2 is 1.72 bits per heavy atom. The number of benzene rings is 2. The standard InChI is InChI=1S/C38H48N4O8/c1-36(2,3)50-34(45)31(37(4,5)22-39)33(44)42-21-25(19-29(42)32(43)41-38(16-11-17-38)35(46)48-7)49-30-20-27(23-12-9-8-10-13-23)40-28-18-24(47-6)14-15-26(28)30/h8-10,12-15,18,20,25,29,31H,11,16-17,19,21-22,39H2,1-7H3,(H,41,43). The molecular weight excluding hydrogens is 640 g/mol. The maximum atomic E-state index is 14.6. The molecule has 3 N–H and O–H groups in total. The van der Waals surface area contributed by atoms with Gasteiger partial charge in [0.1, 0.15) is 40.7 Å². The van der Waals surface area contributed by atoms with Crippen LogP contribution in [0.2, 0.25) is 0 Å². The largest absolute Gasteiger partial charge is 0.497 e. The quantitative estimate of drug-likeness (QED) is 0.218. The van der Waals surface area contributed by atoms with E-state index in [1.165, 1.54) is 12.0 Å². The van der Waals surface area contributed by atoms with Crippen LogP contribution in [0.25, 0.3) is 22.2 Å². The normalized spacial score (nSPS) is 19.2. The summed E-state index contributed by atoms with van der Waals surface area (Å²) in [5.41, 5.74) is 5.24. The molecule has 2 heterocycles. The van der Waals surface area contributed by atoms with Crippen LogP contribution in [0.3, 0.4) is 0 Å². The molecule has 50 heavy (non-hydrogen) atoms. The molecule has 12 nitrogen and oxygen atoms in total. The van der Waals surface area contributed by atoms with Gasteiger partial charge in [0.2, 0.25) is 11.8 Å². The second-order valence-electron chi connectivity index (χ2n) is 14.8. The summed E-state index contributed by atoms with van der Waals surface area (Å²) in [4.78, 5) is 61.4. The zero-order valence-electron chi connectivity index (χ0n) is 29.9. The Balaban J connectivity index is 1.54. The number of aromatic nitrogens is 1. The lowest BCUT2D eigenvalue weighted by molar-refractivity contribution is -0.171. The van der Waals surface area contributed by atoms with Crippen LogP contribution in [-0.4, -0.2) is 84.2 Å². The number of nitrogens with two attached hydrogens (primary N) is 1. The van der Waals surface area contributed by atoms with Crippen molar-refractivity contribution >= 4 is 34.7 Å². The zero-order chi connectivity index (χ0) is 36.4. The van der Waals surface area contributed by atoms with Crippen molar-refractivity contribution in [2.24, 2.45) is 17.1 Å². The second-order valence-corrected chi connectivity index (χ2v) is 14.8. The van der Waals surface area contributed by atoms with Gasteiger partial charge in [0.05, 0.1) is 32.0 Å². The van der Waals surface area contributed by atoms with E-state index in [0.29, 0.717) is 40.9 Å². The van der Waals surface area contributed by atoms with Crippen molar-refractivity contribution < 1.29 is 38.1 Å². The Labute approximate surface area is 293 Å². The molecule has 2 aromatic carbocycles. The lowest BCUT2D eigenvalue weighted by Crippen LogP contribution is -2.63. The third-order valence-electron chi connectivity index (χ3n) is 9.53. The van der Waals surface area contributed by atoms with E-state index in [1.54, 1.807) is 41.7 Å². The van der Waals surface area contributed by atoms with Gasteiger partial charge in [-0.25, -0.2) is 9.78 Å². The summed E-state index contributed by atoms with van der Waals surface area (Å²) in [6, 6.07) is 15.9. The van der Waals surface area contributed by atoms with Gasteiger partial charge in [-0.15, -0.1) is 0 Å². The van der Waals surface area contributed by atoms with Crippen LogP contribution in [-0.2, 0) is 28.7 Å². The summed E-state index contributed by atoms with van der Waals surface area (Å²) in [5.74, 6) is -2.57. The van der Waals surface area contributed by atoms with Crippen molar-refractivity contribution in [2.45, 2.75) is 83.6 Å². The SMILES string of the molecule is COC(=O)C1(NC(=O)C2CC(Oc3cc(-c4ccccc4)nc4cc(OC)ccc34)CN2C(=O)C(C(=O)OC(C)(C)C)C(C)(C)CN)CCC1. The third-order valence-corrected chi connectivity index (χ3v) is 9.53. The monoisotopic (exact) mass is 688 g/mol. The maximum absolute atomic E-state index is 14.6. The number of carbonyl (C=O) groups excluding carboxylic acids is 4. The fourth-order valence-electron chi connectivity index (χ4n) is 6.54. The van der Waals surface area contributed by atoms with Gasteiger partial charge in [-0.05, 0) is 64.1 Å². The van der Waals surface area contributed by atoms with Crippen LogP contribution in [0.5, 0.6) is 11.5 Å². The molecule has 1 aromatic heterocycles. The molecule has 3 atom stereocenters. The molecule has 2 fully saturated rings. The molecule has 2 aliphatic rings. The molecule has 1 aliphatic carbocycles. The fraction of sp³-hybridized carbons (Fsp3) is 0.500. The molecule has 1 aliphatic heterocycles. The highest BCUT2D eigenvalue weighted by molar-refractivity contribution is 6.01. The predicted molar refractivity (Wildman–Crippen MR) is 187 cm³/mol. The van der Waals surface area contributed by atoms with Crippen molar-refractivity contribution in [1.82, 2.24) is 15.2 Å². The van der Waals surface area contributed by atoms with E-state index in [-0.39, 0.29) is 19.5 Å². The number of carbonyl (C=O) groups is 4. The van der Waals surface area contributed by atoms with Gasteiger partial charge in [0.25, 0.3) is 0 Å². The van der Waals surface area contributed by atoms with Crippen molar-refractivity contribution in [1.29, 1.82) is 0 Å². The summed E-state index contributed by atoms with van der Waals surface area (Å²) in [7, 11) is 2.86. The average molecular weight is 689 g/mol. The third kappa shape index (κ3) is 7.55. The van der Waals surface area contributed by atoms with Crippen molar-refractivity contribution in [2.75, 3.05) is 27.3 Å². The number of ether oxygens (including phenoxy) is 4. The number of nitrogens with zero attached hydrogens (tertiary/aromatic N) is 2. The first-order valence-corrected chi connectivity index (χ1v) is 17.0. The number of likely N-dealkylation sites (tertiary alicyclic amines) is 1. The van der Waals surface area contributed by atoms with E-state index in [2.05, 4.69) is 5.32 Å². The van der Waals surface area contributed by atoms with Gasteiger partial charge < -0.3 is 34.9 Å². The minimum Gasteiger partial charge on any atom is -0.497 e. The van der Waals surface area contributed by atoms with Crippen LogP contribution in [0.1, 0.15) is 60.3 Å². The molecule has 2 amide bonds. The summed E-state index contributed by atoms with van der Waals surface area (Å²) >= 11 is 0. The Bertz CT molecular complexity index is 1750. The number of esters is 2. The molecule has 1 saturated heterocycles. The van der Waals surface area contributed by atoms with Crippen LogP contribution >= 0.6 is 0 Å². The first-order valence-electron chi connectivity index (χ1n) is 17.0. The second kappa shape index (κ2) is 14.3. The van der Waals surface area contributed by atoms with Gasteiger partial charge in [-0.3, -0.25) is 14.4 Å². The molecule has 5 rings (SSSR count). The van der Waals surface area contributed by atoms with Crippen LogP contribution in [0.4, 0.5) is 0 Å². The van der Waals surface area contributed by atoms with Gasteiger partial charge in [-0.1, -0.05) is 44.2 Å². The van der Waals surface area contributed by atoms with Crippen LogP contribution < -0.4 is 20.5 Å². The van der Waals surface area contributed by atoms with Crippen LogP contribution in [0, 0.1) is 11.3 Å². The summed E-state index contributed by atoms with van der Waals surface area (Å²) in [5, 5.41) is 3.61. The number of fused-ring (bicyclic) bond motifs is 1. The number of hydrogen-bond acceptors (Lipinski definition) is 10. The lowest BCUT2D eigenvalue weighted by Gasteiger charge is -2.41. The minimum absolute atomic E-state index is 0.00740. The molecule has 0 bridgehead atoms. The highest BCUT2D eigenvalue weighted by Gasteiger charge is 2.53. The zero-order valence-corrected chi connectivity index (χ0v) is 29.9. The van der Waals surface area contributed by atoms with E-state index < -0.39 is 58.4 Å². The number of hydrogen-bond donors (Lipinski definition) is 2. The van der Waals surface area contributed by atoms with Gasteiger partial charge in [0.15, 0.2) is 0 Å². The molecule has 1 saturated carbocycles. The van der Waals surface area contributed by atoms with Crippen molar-refractivity contribution in [3.63, 3.8) is 0 Å². The molecule has 268 valence electrons. The minimum atomic E-state index is -1.31. The molecule has 3 aromatic rings. The van der Waals surface area contributed by atoms with Gasteiger partial charge in [-0.2, -0.15) is 0 Å². The van der Waals surface area contributed by atoms with E-state index in [1.807, 2.05) is 54.6 Å². The summed E-state index contributed by atoms with van der Waals surface area (Å²) < 4.78 is 22.9. The molecule has 3 unspecified atom stereocenters. The Kier molecular flexibility index (Phi) is 10.4. The molecule has 0 radical (unpaired) electrons. The van der Waals surface area contributed by atoms with E-state index in [9.17, 15) is 19.2 Å². The highest BCUT2D eigenvalue weighted by atomic mass is 16.6. The Morgan fingerprint density at radius 3 is 2.30 bits per heavy atom. The fourth-order valence-corrected chi connectivity index (χ4v) is 6.54. The number of pyridine rings is 1. The number of methoxy groups -OCH3 is 2. The van der Waals surface area contributed by atoms with Crippen molar-refractivity contribution in [3.05, 3.63) is 54.6 Å². The average Bonchev–Trinajstić information content (AvgIpc) is 3.49. The lowest BCUT2D eigenvalue weighted by atomic mass is 9.76. The predicted octanol–water partition coefficient (Wildman–Crippen LogP) is 4.41. The first kappa shape index (κ1) is 36.6.